The predicted octanol–water partition coefficient (Wildman–Crippen LogP) is 2.18. The Bertz CT molecular complexity index is 393. The van der Waals surface area contributed by atoms with Crippen LogP contribution in [0.25, 0.3) is 0 Å². The van der Waals surface area contributed by atoms with Gasteiger partial charge >= 0.3 is 0 Å². The van der Waals surface area contributed by atoms with Gasteiger partial charge in [0.05, 0.1) is 0 Å². The molecule has 4 nitrogen and oxygen atoms in total. The third-order valence-corrected chi connectivity index (χ3v) is 3.06. The quantitative estimate of drug-likeness (QED) is 0.823. The zero-order chi connectivity index (χ0) is 11.4. The lowest BCUT2D eigenvalue weighted by molar-refractivity contribution is -0.117. The van der Waals surface area contributed by atoms with Gasteiger partial charge in [-0.2, -0.15) is 0 Å². The lowest BCUT2D eigenvalue weighted by Crippen LogP contribution is -2.38. The number of hydrogen-bond donors (Lipinski definition) is 1. The first-order valence-electron chi connectivity index (χ1n) is 5.54. The Labute approximate surface area is 100 Å². The molecule has 1 saturated heterocycles. The molecular weight excluding hydrogens is 224 g/mol. The first-order valence-corrected chi connectivity index (χ1v) is 5.95. The van der Waals surface area contributed by atoms with Crippen molar-refractivity contribution in [1.82, 2.24) is 9.97 Å². The van der Waals surface area contributed by atoms with Crippen LogP contribution in [0.15, 0.2) is 12.3 Å². The molecule has 2 heterocycles. The molecule has 5 heteroatoms. The first kappa shape index (κ1) is 11.7. The molecule has 0 saturated carbocycles. The van der Waals surface area contributed by atoms with E-state index in [0.29, 0.717) is 24.5 Å². The Kier molecular flexibility index (Phi) is 3.68. The Balaban J connectivity index is 2.34. The Morgan fingerprint density at radius 2 is 2.31 bits per heavy atom. The van der Waals surface area contributed by atoms with E-state index in [0.717, 1.165) is 18.7 Å². The standard InChI is InChI=1S/C11H16N2O2S/c1-2-15-11(4-7-14-8-5-11)10-12-6-3-9(16)13-10/h3,6H,2,4-5,7-8H2,1H3,(H,12,13,16). The fraction of sp³-hybridized carbons (Fsp3) is 0.636. The van der Waals surface area contributed by atoms with Crippen molar-refractivity contribution in [2.45, 2.75) is 25.4 Å². The van der Waals surface area contributed by atoms with Gasteiger partial charge in [0.1, 0.15) is 16.1 Å². The highest BCUT2D eigenvalue weighted by atomic mass is 32.1. The number of H-pyrrole nitrogens is 1. The molecule has 0 radical (unpaired) electrons. The molecule has 1 N–H and O–H groups in total. The summed E-state index contributed by atoms with van der Waals surface area (Å²) in [5, 5.41) is 0. The van der Waals surface area contributed by atoms with E-state index in [2.05, 4.69) is 9.97 Å². The van der Waals surface area contributed by atoms with Crippen LogP contribution >= 0.6 is 12.2 Å². The molecule has 1 aromatic rings. The Morgan fingerprint density at radius 1 is 1.56 bits per heavy atom. The van der Waals surface area contributed by atoms with Crippen LogP contribution in [0.3, 0.4) is 0 Å². The number of nitrogens with zero attached hydrogens (tertiary/aromatic N) is 1. The van der Waals surface area contributed by atoms with Gasteiger partial charge in [0.25, 0.3) is 0 Å². The van der Waals surface area contributed by atoms with Crippen LogP contribution in [0.5, 0.6) is 0 Å². The second kappa shape index (κ2) is 5.03. The molecule has 0 bridgehead atoms. The highest BCUT2D eigenvalue weighted by Gasteiger charge is 2.37. The van der Waals surface area contributed by atoms with Crippen molar-refractivity contribution in [3.05, 3.63) is 22.7 Å². The van der Waals surface area contributed by atoms with E-state index >= 15 is 0 Å². The second-order valence-corrected chi connectivity index (χ2v) is 4.26. The normalized spacial score (nSPS) is 19.6. The Hall–Kier alpha value is -0.780. The zero-order valence-electron chi connectivity index (χ0n) is 9.36. The minimum Gasteiger partial charge on any atom is -0.381 e. The van der Waals surface area contributed by atoms with Crippen molar-refractivity contribution in [2.24, 2.45) is 0 Å². The van der Waals surface area contributed by atoms with Crippen LogP contribution in [0.2, 0.25) is 0 Å². The summed E-state index contributed by atoms with van der Waals surface area (Å²) in [6, 6.07) is 1.78. The lowest BCUT2D eigenvalue weighted by atomic mass is 9.93. The van der Waals surface area contributed by atoms with Gasteiger partial charge in [-0.3, -0.25) is 0 Å². The van der Waals surface area contributed by atoms with Crippen LogP contribution in [0.4, 0.5) is 0 Å². The lowest BCUT2D eigenvalue weighted by Gasteiger charge is -2.35. The number of hydrogen-bond acceptors (Lipinski definition) is 4. The fourth-order valence-electron chi connectivity index (χ4n) is 2.03. The summed E-state index contributed by atoms with van der Waals surface area (Å²) in [4.78, 5) is 7.48. The number of aromatic amines is 1. The third kappa shape index (κ3) is 2.31. The van der Waals surface area contributed by atoms with E-state index in [4.69, 9.17) is 21.7 Å². The van der Waals surface area contributed by atoms with Crippen molar-refractivity contribution in [2.75, 3.05) is 19.8 Å². The van der Waals surface area contributed by atoms with Crippen molar-refractivity contribution < 1.29 is 9.47 Å². The molecule has 0 amide bonds. The van der Waals surface area contributed by atoms with E-state index in [9.17, 15) is 0 Å². The van der Waals surface area contributed by atoms with Crippen LogP contribution in [-0.2, 0) is 15.1 Å². The predicted molar refractivity (Wildman–Crippen MR) is 62.8 cm³/mol. The summed E-state index contributed by atoms with van der Waals surface area (Å²) in [6.07, 6.45) is 3.37. The molecule has 88 valence electrons. The maximum absolute atomic E-state index is 5.89. The highest BCUT2D eigenvalue weighted by molar-refractivity contribution is 7.71. The smallest absolute Gasteiger partial charge is 0.139 e. The van der Waals surface area contributed by atoms with Crippen molar-refractivity contribution in [1.29, 1.82) is 0 Å². The SMILES string of the molecule is CCOC1(c2nccc(=S)[nH]2)CCOCC1. The molecule has 0 aromatic carbocycles. The minimum absolute atomic E-state index is 0.345. The maximum atomic E-state index is 5.89. The van der Waals surface area contributed by atoms with Crippen LogP contribution < -0.4 is 0 Å². The molecule has 1 aliphatic heterocycles. The maximum Gasteiger partial charge on any atom is 0.139 e. The van der Waals surface area contributed by atoms with Crippen LogP contribution in [0.1, 0.15) is 25.6 Å². The van der Waals surface area contributed by atoms with Gasteiger partial charge in [-0.05, 0) is 13.0 Å². The average molecular weight is 240 g/mol. The average Bonchev–Trinajstić information content (AvgIpc) is 2.31. The molecule has 0 unspecified atom stereocenters. The molecule has 1 fully saturated rings. The topological polar surface area (TPSA) is 47.1 Å². The molecule has 1 aliphatic rings. The summed E-state index contributed by atoms with van der Waals surface area (Å²) >= 11 is 5.12. The van der Waals surface area contributed by atoms with Crippen LogP contribution in [0, 0.1) is 4.64 Å². The van der Waals surface area contributed by atoms with E-state index in [1.54, 1.807) is 12.3 Å². The van der Waals surface area contributed by atoms with Crippen molar-refractivity contribution >= 4 is 12.2 Å². The largest absolute Gasteiger partial charge is 0.381 e. The van der Waals surface area contributed by atoms with Gasteiger partial charge < -0.3 is 14.5 Å². The molecule has 16 heavy (non-hydrogen) atoms. The number of aromatic nitrogens is 2. The van der Waals surface area contributed by atoms with Crippen molar-refractivity contribution in [3.63, 3.8) is 0 Å². The van der Waals surface area contributed by atoms with Gasteiger partial charge in [0, 0.05) is 38.9 Å². The number of ether oxygens (including phenoxy) is 2. The second-order valence-electron chi connectivity index (χ2n) is 3.82. The van der Waals surface area contributed by atoms with E-state index in [-0.39, 0.29) is 5.60 Å². The van der Waals surface area contributed by atoms with Crippen molar-refractivity contribution in [3.8, 4) is 0 Å². The van der Waals surface area contributed by atoms with Gasteiger partial charge in [-0.15, -0.1) is 0 Å². The summed E-state index contributed by atoms with van der Waals surface area (Å²) in [5.41, 5.74) is -0.345. The van der Waals surface area contributed by atoms with E-state index in [1.807, 2.05) is 6.92 Å². The molecule has 0 atom stereocenters. The highest BCUT2D eigenvalue weighted by Crippen LogP contribution is 2.33. The fourth-order valence-corrected chi connectivity index (χ4v) is 2.19. The Morgan fingerprint density at radius 3 is 2.94 bits per heavy atom. The molecule has 2 rings (SSSR count). The molecule has 0 spiro atoms. The summed E-state index contributed by atoms with van der Waals surface area (Å²) in [6.45, 7) is 4.07. The van der Waals surface area contributed by atoms with Crippen LogP contribution in [-0.4, -0.2) is 29.8 Å². The minimum atomic E-state index is -0.345. The summed E-state index contributed by atoms with van der Waals surface area (Å²) < 4.78 is 12.0. The van der Waals surface area contributed by atoms with Gasteiger partial charge in [0.2, 0.25) is 0 Å². The van der Waals surface area contributed by atoms with E-state index < -0.39 is 0 Å². The van der Waals surface area contributed by atoms with E-state index in [1.165, 1.54) is 0 Å². The number of rotatable bonds is 3. The van der Waals surface area contributed by atoms with Gasteiger partial charge in [0.15, 0.2) is 0 Å². The molecule has 0 aliphatic carbocycles. The molecular formula is C11H16N2O2S. The summed E-state index contributed by atoms with van der Waals surface area (Å²) in [5.74, 6) is 0.824. The van der Waals surface area contributed by atoms with Gasteiger partial charge in [-0.25, -0.2) is 4.98 Å². The number of nitrogens with one attached hydrogen (secondary N) is 1. The summed E-state index contributed by atoms with van der Waals surface area (Å²) in [7, 11) is 0. The third-order valence-electron chi connectivity index (χ3n) is 2.82. The molecule has 1 aromatic heterocycles. The first-order chi connectivity index (χ1) is 7.77. The zero-order valence-corrected chi connectivity index (χ0v) is 10.2. The van der Waals surface area contributed by atoms with Gasteiger partial charge in [-0.1, -0.05) is 12.2 Å². The monoisotopic (exact) mass is 240 g/mol.